The number of rotatable bonds is 7. The number of nitrogens with zero attached hydrogens (tertiary/aromatic N) is 5. The Bertz CT molecular complexity index is 1430. The standard InChI is InChI=1S/C27H29N5O4S/c1-4-35-27(34)18-8-7-13-32(14-18)25-20(26(33)31(3)15-23-17(2)29-36-30-23)11-12-22(28-25)21-16-37-24-10-6-5-9-19(21)24/h5-6,9-12,16,18H,4,7-8,13-15H2,1-3H3. The molecule has 10 heteroatoms. The summed E-state index contributed by atoms with van der Waals surface area (Å²) in [6.07, 6.45) is 1.57. The molecule has 9 nitrogen and oxygen atoms in total. The van der Waals surface area contributed by atoms with E-state index in [1.54, 1.807) is 30.2 Å². The van der Waals surface area contributed by atoms with Gasteiger partial charge in [0.05, 0.1) is 30.3 Å². The van der Waals surface area contributed by atoms with E-state index in [9.17, 15) is 9.59 Å². The second kappa shape index (κ2) is 10.7. The van der Waals surface area contributed by atoms with Gasteiger partial charge >= 0.3 is 5.97 Å². The molecule has 192 valence electrons. The summed E-state index contributed by atoms with van der Waals surface area (Å²) in [7, 11) is 1.72. The van der Waals surface area contributed by atoms with Crippen molar-refractivity contribution in [3.8, 4) is 11.3 Å². The number of hydrogen-bond acceptors (Lipinski definition) is 9. The maximum atomic E-state index is 13.7. The number of piperidine rings is 1. The quantitative estimate of drug-likeness (QED) is 0.324. The number of carbonyl (C=O) groups excluding carboxylic acids is 2. The van der Waals surface area contributed by atoms with Gasteiger partial charge in [-0.15, -0.1) is 11.3 Å². The fraction of sp³-hybridized carbons (Fsp3) is 0.370. The first kappa shape index (κ1) is 24.9. The molecule has 1 aliphatic heterocycles. The fourth-order valence-corrected chi connectivity index (χ4v) is 5.65. The number of thiophene rings is 1. The monoisotopic (exact) mass is 519 g/mol. The molecule has 0 N–H and O–H groups in total. The molecule has 0 radical (unpaired) electrons. The molecule has 1 aromatic carbocycles. The third-order valence-electron chi connectivity index (χ3n) is 6.68. The van der Waals surface area contributed by atoms with Crippen molar-refractivity contribution in [1.82, 2.24) is 20.2 Å². The van der Waals surface area contributed by atoms with Crippen LogP contribution in [0.1, 0.15) is 41.5 Å². The van der Waals surface area contributed by atoms with Crippen molar-refractivity contribution >= 4 is 39.1 Å². The number of carbonyl (C=O) groups is 2. The Hall–Kier alpha value is -3.79. The Morgan fingerprint density at radius 3 is 2.84 bits per heavy atom. The summed E-state index contributed by atoms with van der Waals surface area (Å²) in [6, 6.07) is 11.9. The zero-order chi connectivity index (χ0) is 25.9. The molecule has 37 heavy (non-hydrogen) atoms. The number of pyridine rings is 1. The highest BCUT2D eigenvalue weighted by atomic mass is 32.1. The van der Waals surface area contributed by atoms with Gasteiger partial charge in [-0.05, 0) is 44.9 Å². The van der Waals surface area contributed by atoms with Crippen molar-refractivity contribution in [2.24, 2.45) is 5.92 Å². The van der Waals surface area contributed by atoms with Gasteiger partial charge in [-0.25, -0.2) is 9.61 Å². The van der Waals surface area contributed by atoms with E-state index in [0.717, 1.165) is 29.5 Å². The third-order valence-corrected chi connectivity index (χ3v) is 7.65. The van der Waals surface area contributed by atoms with Gasteiger partial charge in [-0.2, -0.15) is 0 Å². The maximum absolute atomic E-state index is 13.7. The van der Waals surface area contributed by atoms with Crippen molar-refractivity contribution in [2.75, 3.05) is 31.6 Å². The summed E-state index contributed by atoms with van der Waals surface area (Å²) in [4.78, 5) is 34.9. The summed E-state index contributed by atoms with van der Waals surface area (Å²) < 4.78 is 11.3. The number of aromatic nitrogens is 3. The van der Waals surface area contributed by atoms with Crippen LogP contribution in [0.4, 0.5) is 5.82 Å². The molecule has 3 aromatic heterocycles. The minimum absolute atomic E-state index is 0.190. The smallest absolute Gasteiger partial charge is 0.310 e. The van der Waals surface area contributed by atoms with Crippen LogP contribution in [-0.2, 0) is 16.1 Å². The van der Waals surface area contributed by atoms with Crippen molar-refractivity contribution in [3.05, 3.63) is 58.7 Å². The fourth-order valence-electron chi connectivity index (χ4n) is 4.70. The second-order valence-corrected chi connectivity index (χ2v) is 10.1. The first-order valence-electron chi connectivity index (χ1n) is 12.4. The van der Waals surface area contributed by atoms with Crippen LogP contribution >= 0.6 is 11.3 Å². The molecular formula is C27H29N5O4S. The molecule has 4 heterocycles. The van der Waals surface area contributed by atoms with Crippen molar-refractivity contribution in [1.29, 1.82) is 0 Å². The first-order chi connectivity index (χ1) is 18.0. The molecule has 1 amide bonds. The number of fused-ring (bicyclic) bond motifs is 1. The molecule has 5 rings (SSSR count). The minimum Gasteiger partial charge on any atom is -0.466 e. The van der Waals surface area contributed by atoms with E-state index in [4.69, 9.17) is 14.3 Å². The molecule has 0 bridgehead atoms. The summed E-state index contributed by atoms with van der Waals surface area (Å²) in [5.74, 6) is -0.0737. The van der Waals surface area contributed by atoms with E-state index in [1.807, 2.05) is 36.1 Å². The normalized spacial score (nSPS) is 15.6. The molecule has 0 saturated carbocycles. The predicted molar refractivity (Wildman–Crippen MR) is 141 cm³/mol. The van der Waals surface area contributed by atoms with Gasteiger partial charge in [0, 0.05) is 41.2 Å². The van der Waals surface area contributed by atoms with Gasteiger partial charge in [0.15, 0.2) is 0 Å². The van der Waals surface area contributed by atoms with E-state index in [2.05, 4.69) is 27.8 Å². The van der Waals surface area contributed by atoms with Crippen molar-refractivity contribution < 1.29 is 19.0 Å². The van der Waals surface area contributed by atoms with Gasteiger partial charge in [0.25, 0.3) is 5.91 Å². The lowest BCUT2D eigenvalue weighted by atomic mass is 9.97. The van der Waals surface area contributed by atoms with Crippen LogP contribution in [0.5, 0.6) is 0 Å². The number of esters is 1. The van der Waals surface area contributed by atoms with Crippen LogP contribution in [0.25, 0.3) is 21.3 Å². The Morgan fingerprint density at radius 2 is 2.05 bits per heavy atom. The number of aryl methyl sites for hydroxylation is 1. The predicted octanol–water partition coefficient (Wildman–Crippen LogP) is 4.71. The highest BCUT2D eigenvalue weighted by Gasteiger charge is 2.31. The van der Waals surface area contributed by atoms with Crippen LogP contribution in [0.2, 0.25) is 0 Å². The van der Waals surface area contributed by atoms with Crippen LogP contribution in [0.3, 0.4) is 0 Å². The molecular weight excluding hydrogens is 490 g/mol. The lowest BCUT2D eigenvalue weighted by Crippen LogP contribution is -2.41. The lowest BCUT2D eigenvalue weighted by molar-refractivity contribution is -0.148. The van der Waals surface area contributed by atoms with Crippen LogP contribution in [-0.4, -0.2) is 58.8 Å². The first-order valence-corrected chi connectivity index (χ1v) is 13.3. The molecule has 4 aromatic rings. The molecule has 1 unspecified atom stereocenters. The number of amides is 1. The average Bonchev–Trinajstić information content (AvgIpc) is 3.54. The molecule has 0 aliphatic carbocycles. The zero-order valence-electron chi connectivity index (χ0n) is 21.1. The zero-order valence-corrected chi connectivity index (χ0v) is 22.0. The molecule has 1 atom stereocenters. The number of hydrogen-bond donors (Lipinski definition) is 0. The van der Waals surface area contributed by atoms with Gasteiger partial charge in [-0.3, -0.25) is 9.59 Å². The van der Waals surface area contributed by atoms with E-state index in [0.29, 0.717) is 42.5 Å². The largest absolute Gasteiger partial charge is 0.466 e. The molecule has 1 fully saturated rings. The molecule has 0 spiro atoms. The van der Waals surface area contributed by atoms with Gasteiger partial charge < -0.3 is 14.5 Å². The number of benzene rings is 1. The third kappa shape index (κ3) is 5.06. The van der Waals surface area contributed by atoms with Crippen molar-refractivity contribution in [3.63, 3.8) is 0 Å². The summed E-state index contributed by atoms with van der Waals surface area (Å²) >= 11 is 1.67. The average molecular weight is 520 g/mol. The van der Waals surface area contributed by atoms with Gasteiger partial charge in [0.2, 0.25) is 0 Å². The van der Waals surface area contributed by atoms with Gasteiger partial charge in [0.1, 0.15) is 17.2 Å². The van der Waals surface area contributed by atoms with Crippen LogP contribution in [0.15, 0.2) is 46.4 Å². The van der Waals surface area contributed by atoms with E-state index in [1.165, 1.54) is 4.70 Å². The second-order valence-electron chi connectivity index (χ2n) is 9.21. The van der Waals surface area contributed by atoms with Crippen molar-refractivity contribution in [2.45, 2.75) is 33.2 Å². The SMILES string of the molecule is CCOC(=O)C1CCCN(c2nc(-c3csc4ccccc34)ccc2C(=O)N(C)Cc2nonc2C)C1. The lowest BCUT2D eigenvalue weighted by Gasteiger charge is -2.34. The van der Waals surface area contributed by atoms with E-state index < -0.39 is 0 Å². The van der Waals surface area contributed by atoms with Crippen LogP contribution in [0, 0.1) is 12.8 Å². The van der Waals surface area contributed by atoms with Gasteiger partial charge in [-0.1, -0.05) is 28.5 Å². The minimum atomic E-state index is -0.259. The Labute approximate surface area is 219 Å². The molecule has 1 aliphatic rings. The summed E-state index contributed by atoms with van der Waals surface area (Å²) in [5.41, 5.74) is 3.54. The Kier molecular flexibility index (Phi) is 7.18. The van der Waals surface area contributed by atoms with E-state index in [-0.39, 0.29) is 24.3 Å². The Morgan fingerprint density at radius 1 is 1.22 bits per heavy atom. The Balaban J connectivity index is 1.52. The molecule has 1 saturated heterocycles. The topological polar surface area (TPSA) is 102 Å². The summed E-state index contributed by atoms with van der Waals surface area (Å²) in [5, 5.41) is 10.9. The van der Waals surface area contributed by atoms with Crippen LogP contribution < -0.4 is 4.90 Å². The number of anilines is 1. The highest BCUT2D eigenvalue weighted by Crippen LogP contribution is 2.35. The number of ether oxygens (including phenoxy) is 1. The van der Waals surface area contributed by atoms with E-state index >= 15 is 0 Å². The highest BCUT2D eigenvalue weighted by molar-refractivity contribution is 7.17. The maximum Gasteiger partial charge on any atom is 0.310 e. The summed E-state index contributed by atoms with van der Waals surface area (Å²) in [6.45, 7) is 5.37.